The summed E-state index contributed by atoms with van der Waals surface area (Å²) in [4.78, 5) is 0. The molecule has 2 N–H and O–H groups in total. The molecule has 12 heavy (non-hydrogen) atoms. The van der Waals surface area contributed by atoms with Gasteiger partial charge in [0.05, 0.1) is 0 Å². The van der Waals surface area contributed by atoms with Gasteiger partial charge in [0, 0.05) is 0 Å². The van der Waals surface area contributed by atoms with Crippen molar-refractivity contribution >= 4 is 0 Å². The monoisotopic (exact) mass is 166 g/mol. The number of rotatable bonds is 4. The molecule has 1 aliphatic carbocycles. The van der Waals surface area contributed by atoms with Crippen LogP contribution in [0.5, 0.6) is 0 Å². The molecule has 0 radical (unpaired) electrons. The highest BCUT2D eigenvalue weighted by atomic mass is 15.2. The second kappa shape index (κ2) is 3.87. The van der Waals surface area contributed by atoms with Gasteiger partial charge < -0.3 is 0 Å². The van der Waals surface area contributed by atoms with Crippen molar-refractivity contribution in [2.45, 2.75) is 26.4 Å². The summed E-state index contributed by atoms with van der Waals surface area (Å²) in [6.45, 7) is 8.34. The third kappa shape index (κ3) is 1.59. The van der Waals surface area contributed by atoms with E-state index in [1.54, 1.807) is 0 Å². The van der Waals surface area contributed by atoms with E-state index in [9.17, 15) is 0 Å². The Hall–Kier alpha value is -0.600. The normalized spacial score (nSPS) is 19.8. The first kappa shape index (κ1) is 9.49. The van der Waals surface area contributed by atoms with Crippen LogP contribution < -0.4 is 10.6 Å². The third-order valence-electron chi connectivity index (χ3n) is 2.23. The number of nitrogens with one attached hydrogen (secondary N) is 2. The molecular weight excluding hydrogens is 148 g/mol. The Bertz CT molecular complexity index is 198. The van der Waals surface area contributed by atoms with Crippen molar-refractivity contribution in [3.05, 3.63) is 23.8 Å². The lowest BCUT2D eigenvalue weighted by Crippen LogP contribution is -2.55. The van der Waals surface area contributed by atoms with Gasteiger partial charge in [0.25, 0.3) is 0 Å². The first-order valence-electron chi connectivity index (χ1n) is 4.62. The fraction of sp³-hybridized carbons (Fsp3) is 0.600. The van der Waals surface area contributed by atoms with E-state index in [0.29, 0.717) is 0 Å². The van der Waals surface area contributed by atoms with Crippen molar-refractivity contribution in [2.75, 3.05) is 13.1 Å². The van der Waals surface area contributed by atoms with E-state index in [0.717, 1.165) is 13.1 Å². The van der Waals surface area contributed by atoms with Crippen LogP contribution in [0, 0.1) is 0 Å². The van der Waals surface area contributed by atoms with Crippen molar-refractivity contribution in [2.24, 2.45) is 0 Å². The van der Waals surface area contributed by atoms with E-state index in [-0.39, 0.29) is 5.66 Å². The molecule has 0 fully saturated rings. The van der Waals surface area contributed by atoms with Gasteiger partial charge in [-0.1, -0.05) is 26.0 Å². The number of hydrogen-bond donors (Lipinski definition) is 2. The molecule has 1 aliphatic rings. The van der Waals surface area contributed by atoms with Crippen molar-refractivity contribution in [1.82, 2.24) is 10.6 Å². The zero-order valence-corrected chi connectivity index (χ0v) is 8.15. The molecule has 0 aromatic rings. The van der Waals surface area contributed by atoms with Crippen molar-refractivity contribution < 1.29 is 0 Å². The highest BCUT2D eigenvalue weighted by Gasteiger charge is 2.28. The van der Waals surface area contributed by atoms with Crippen LogP contribution in [0.15, 0.2) is 23.8 Å². The lowest BCUT2D eigenvalue weighted by molar-refractivity contribution is 0.397. The van der Waals surface area contributed by atoms with Gasteiger partial charge in [-0.3, -0.25) is 10.6 Å². The average Bonchev–Trinajstić information content (AvgIpc) is 2.35. The maximum Gasteiger partial charge on any atom is 0.110 e. The van der Waals surface area contributed by atoms with E-state index in [1.165, 1.54) is 5.57 Å². The van der Waals surface area contributed by atoms with Crippen molar-refractivity contribution in [1.29, 1.82) is 0 Å². The number of hydrogen-bond acceptors (Lipinski definition) is 2. The van der Waals surface area contributed by atoms with Gasteiger partial charge in [0.1, 0.15) is 5.66 Å². The summed E-state index contributed by atoms with van der Waals surface area (Å²) in [6, 6.07) is 0. The lowest BCUT2D eigenvalue weighted by Gasteiger charge is -2.31. The smallest absolute Gasteiger partial charge is 0.110 e. The van der Waals surface area contributed by atoms with Gasteiger partial charge in [-0.2, -0.15) is 0 Å². The Labute approximate surface area is 74.7 Å². The SMILES string of the molecule is CCNC1(NCC)C=CC=C1C. The van der Waals surface area contributed by atoms with Gasteiger partial charge in [-0.05, 0) is 31.7 Å². The standard InChI is InChI=1S/C10H18N2/c1-4-11-10(12-5-2)8-6-7-9(10)3/h6-8,11-12H,4-5H2,1-3H3. The molecule has 0 aromatic heterocycles. The fourth-order valence-corrected chi connectivity index (χ4v) is 1.62. The molecule has 0 aromatic carbocycles. The zero-order valence-electron chi connectivity index (χ0n) is 8.15. The van der Waals surface area contributed by atoms with Gasteiger partial charge in [-0.25, -0.2) is 0 Å². The Morgan fingerprint density at radius 2 is 1.83 bits per heavy atom. The van der Waals surface area contributed by atoms with Crippen LogP contribution in [0.2, 0.25) is 0 Å². The van der Waals surface area contributed by atoms with E-state index in [2.05, 4.69) is 49.6 Å². The molecule has 2 nitrogen and oxygen atoms in total. The maximum absolute atomic E-state index is 3.44. The molecule has 0 heterocycles. The number of likely N-dealkylation sites (N-methyl/N-ethyl adjacent to an activating group) is 2. The van der Waals surface area contributed by atoms with Crippen LogP contribution in [0.4, 0.5) is 0 Å². The second-order valence-corrected chi connectivity index (χ2v) is 3.08. The quantitative estimate of drug-likeness (QED) is 0.617. The lowest BCUT2D eigenvalue weighted by atomic mass is 10.1. The first-order valence-corrected chi connectivity index (χ1v) is 4.62. The Balaban J connectivity index is 2.72. The average molecular weight is 166 g/mol. The number of allylic oxidation sites excluding steroid dienone is 2. The summed E-state index contributed by atoms with van der Waals surface area (Å²) < 4.78 is 0. The zero-order chi connectivity index (χ0) is 9.03. The maximum atomic E-state index is 3.44. The van der Waals surface area contributed by atoms with E-state index in [4.69, 9.17) is 0 Å². The minimum Gasteiger partial charge on any atom is -0.293 e. The second-order valence-electron chi connectivity index (χ2n) is 3.08. The molecular formula is C10H18N2. The summed E-state index contributed by atoms with van der Waals surface area (Å²) in [6.07, 6.45) is 6.42. The molecule has 1 rings (SSSR count). The van der Waals surface area contributed by atoms with Gasteiger partial charge in [-0.15, -0.1) is 0 Å². The van der Waals surface area contributed by atoms with E-state index < -0.39 is 0 Å². The van der Waals surface area contributed by atoms with Crippen LogP contribution in [-0.2, 0) is 0 Å². The third-order valence-corrected chi connectivity index (χ3v) is 2.23. The molecule has 0 saturated carbocycles. The van der Waals surface area contributed by atoms with Crippen LogP contribution in [0.1, 0.15) is 20.8 Å². The van der Waals surface area contributed by atoms with Gasteiger partial charge >= 0.3 is 0 Å². The largest absolute Gasteiger partial charge is 0.293 e. The predicted molar refractivity (Wildman–Crippen MR) is 53.0 cm³/mol. The molecule has 68 valence electrons. The highest BCUT2D eigenvalue weighted by molar-refractivity contribution is 5.36. The molecule has 2 heteroatoms. The van der Waals surface area contributed by atoms with E-state index >= 15 is 0 Å². The van der Waals surface area contributed by atoms with Gasteiger partial charge in [0.15, 0.2) is 0 Å². The minimum absolute atomic E-state index is 0.0660. The molecule has 0 amide bonds. The van der Waals surface area contributed by atoms with Crippen LogP contribution in [-0.4, -0.2) is 18.8 Å². The van der Waals surface area contributed by atoms with Crippen LogP contribution in [0.25, 0.3) is 0 Å². The summed E-state index contributed by atoms with van der Waals surface area (Å²) in [5.41, 5.74) is 1.27. The Morgan fingerprint density at radius 1 is 1.25 bits per heavy atom. The topological polar surface area (TPSA) is 24.1 Å². The Kier molecular flexibility index (Phi) is 3.06. The summed E-state index contributed by atoms with van der Waals surface area (Å²) in [5, 5.41) is 6.88. The van der Waals surface area contributed by atoms with Crippen LogP contribution >= 0.6 is 0 Å². The summed E-state index contributed by atoms with van der Waals surface area (Å²) in [7, 11) is 0. The summed E-state index contributed by atoms with van der Waals surface area (Å²) in [5.74, 6) is 0. The molecule has 0 aliphatic heterocycles. The molecule has 0 unspecified atom stereocenters. The molecule has 0 atom stereocenters. The Morgan fingerprint density at radius 3 is 2.17 bits per heavy atom. The molecule has 0 bridgehead atoms. The molecule has 0 saturated heterocycles. The highest BCUT2D eigenvalue weighted by Crippen LogP contribution is 2.20. The van der Waals surface area contributed by atoms with Crippen LogP contribution in [0.3, 0.4) is 0 Å². The van der Waals surface area contributed by atoms with Crippen molar-refractivity contribution in [3.63, 3.8) is 0 Å². The van der Waals surface area contributed by atoms with Gasteiger partial charge in [0.2, 0.25) is 0 Å². The fourth-order valence-electron chi connectivity index (χ4n) is 1.62. The molecule has 0 spiro atoms. The summed E-state index contributed by atoms with van der Waals surface area (Å²) >= 11 is 0. The predicted octanol–water partition coefficient (Wildman–Crippen LogP) is 1.42. The minimum atomic E-state index is -0.0660. The first-order chi connectivity index (χ1) is 5.75. The van der Waals surface area contributed by atoms with E-state index in [1.807, 2.05) is 0 Å². The van der Waals surface area contributed by atoms with Crippen molar-refractivity contribution in [3.8, 4) is 0 Å².